The molecule has 0 saturated heterocycles. The Balaban J connectivity index is 1.80. The van der Waals surface area contributed by atoms with E-state index < -0.39 is 10.0 Å². The Morgan fingerprint density at radius 3 is 2.34 bits per heavy atom. The van der Waals surface area contributed by atoms with Gasteiger partial charge < -0.3 is 10.1 Å². The van der Waals surface area contributed by atoms with E-state index in [2.05, 4.69) is 5.32 Å². The highest BCUT2D eigenvalue weighted by molar-refractivity contribution is 7.92. The van der Waals surface area contributed by atoms with Crippen molar-refractivity contribution in [1.82, 2.24) is 0 Å². The van der Waals surface area contributed by atoms with Crippen LogP contribution in [0.1, 0.15) is 22.8 Å². The number of hydrogen-bond acceptors (Lipinski definition) is 4. The van der Waals surface area contributed by atoms with Crippen LogP contribution >= 0.6 is 23.2 Å². The van der Waals surface area contributed by atoms with Crippen LogP contribution in [0, 0.1) is 0 Å². The topological polar surface area (TPSA) is 75.7 Å². The van der Waals surface area contributed by atoms with Gasteiger partial charge in [0.15, 0.2) is 0 Å². The van der Waals surface area contributed by atoms with Gasteiger partial charge >= 0.3 is 0 Å². The number of carbonyl (C=O) groups excluding carboxylic acids is 1. The number of ether oxygens (including phenoxy) is 1. The zero-order chi connectivity index (χ0) is 23.3. The molecule has 3 aromatic carbocycles. The van der Waals surface area contributed by atoms with Crippen LogP contribution in [0.4, 0.5) is 11.4 Å². The Kier molecular flexibility index (Phi) is 7.66. The summed E-state index contributed by atoms with van der Waals surface area (Å²) in [5.74, 6) is 0.281. The summed E-state index contributed by atoms with van der Waals surface area (Å²) in [6, 6.07) is 18.6. The maximum absolute atomic E-state index is 12.7. The van der Waals surface area contributed by atoms with Crippen LogP contribution in [0.5, 0.6) is 5.75 Å². The van der Waals surface area contributed by atoms with Crippen molar-refractivity contribution < 1.29 is 17.9 Å². The largest absolute Gasteiger partial charge is 0.492 e. The van der Waals surface area contributed by atoms with Crippen molar-refractivity contribution in [3.8, 4) is 5.75 Å². The van der Waals surface area contributed by atoms with Gasteiger partial charge in [0.05, 0.1) is 40.8 Å². The van der Waals surface area contributed by atoms with Gasteiger partial charge in [-0.05, 0) is 48.9 Å². The molecule has 3 aromatic rings. The molecule has 0 heterocycles. The van der Waals surface area contributed by atoms with E-state index >= 15 is 0 Å². The summed E-state index contributed by atoms with van der Waals surface area (Å²) in [4.78, 5) is 12.7. The second-order valence-electron chi connectivity index (χ2n) is 6.92. The highest BCUT2D eigenvalue weighted by Gasteiger charge is 2.21. The number of rotatable bonds is 8. The van der Waals surface area contributed by atoms with Gasteiger partial charge in [-0.1, -0.05) is 53.5 Å². The number of nitrogens with one attached hydrogen (secondary N) is 1. The molecular formula is C23H22Cl2N2O4S. The van der Waals surface area contributed by atoms with Crippen molar-refractivity contribution in [2.45, 2.75) is 13.5 Å². The van der Waals surface area contributed by atoms with Gasteiger partial charge in [0.1, 0.15) is 5.75 Å². The summed E-state index contributed by atoms with van der Waals surface area (Å²) in [6.45, 7) is 2.39. The fourth-order valence-electron chi connectivity index (χ4n) is 3.04. The van der Waals surface area contributed by atoms with E-state index in [9.17, 15) is 13.2 Å². The molecule has 9 heteroatoms. The molecule has 0 aromatic heterocycles. The molecule has 1 N–H and O–H groups in total. The lowest BCUT2D eigenvalue weighted by molar-refractivity contribution is 0.102. The number of hydrogen-bond donors (Lipinski definition) is 1. The van der Waals surface area contributed by atoms with Crippen LogP contribution in [0.15, 0.2) is 66.7 Å². The average Bonchev–Trinajstić information content (AvgIpc) is 2.75. The van der Waals surface area contributed by atoms with Crippen LogP contribution in [0.2, 0.25) is 10.0 Å². The van der Waals surface area contributed by atoms with Gasteiger partial charge in [0.25, 0.3) is 5.91 Å². The number of benzene rings is 3. The molecule has 0 aliphatic rings. The number of para-hydroxylation sites is 2. The van der Waals surface area contributed by atoms with Crippen molar-refractivity contribution in [2.24, 2.45) is 0 Å². The van der Waals surface area contributed by atoms with E-state index in [1.54, 1.807) is 54.6 Å². The number of sulfonamides is 1. The minimum absolute atomic E-state index is 0.0357. The number of carbonyl (C=O) groups is 1. The Bertz CT molecular complexity index is 1210. The van der Waals surface area contributed by atoms with E-state index in [1.165, 1.54) is 4.31 Å². The molecule has 32 heavy (non-hydrogen) atoms. The zero-order valence-corrected chi connectivity index (χ0v) is 19.8. The van der Waals surface area contributed by atoms with E-state index in [4.69, 9.17) is 27.9 Å². The molecule has 6 nitrogen and oxygen atoms in total. The third-order valence-corrected chi connectivity index (χ3v) is 6.51. The third kappa shape index (κ3) is 5.73. The highest BCUT2D eigenvalue weighted by Crippen LogP contribution is 2.34. The Morgan fingerprint density at radius 2 is 1.69 bits per heavy atom. The molecule has 0 spiro atoms. The zero-order valence-electron chi connectivity index (χ0n) is 17.5. The lowest BCUT2D eigenvalue weighted by Gasteiger charge is -2.24. The molecule has 0 unspecified atom stereocenters. The minimum atomic E-state index is -3.64. The summed E-state index contributed by atoms with van der Waals surface area (Å²) in [6.07, 6.45) is 1.10. The standard InChI is InChI=1S/C23H22Cl2N2O4S/c1-3-31-21-10-5-4-8-19(21)26-23(28)17-13-11-16(12-14-17)15-27(32(2,29)30)20-9-6-7-18(24)22(20)25/h4-14H,3,15H2,1-2H3,(H,26,28). The van der Waals surface area contributed by atoms with Crippen LogP contribution in [0.3, 0.4) is 0 Å². The Hall–Kier alpha value is -2.74. The van der Waals surface area contributed by atoms with E-state index in [0.717, 1.165) is 6.26 Å². The van der Waals surface area contributed by atoms with Gasteiger partial charge in [-0.15, -0.1) is 0 Å². The predicted octanol–water partition coefficient (Wildman–Crippen LogP) is 5.61. The van der Waals surface area contributed by atoms with E-state index in [-0.39, 0.29) is 28.2 Å². The van der Waals surface area contributed by atoms with E-state index in [1.807, 2.05) is 19.1 Å². The quantitative estimate of drug-likeness (QED) is 0.443. The van der Waals surface area contributed by atoms with Gasteiger partial charge in [0.2, 0.25) is 10.0 Å². The van der Waals surface area contributed by atoms with Gasteiger partial charge in [0, 0.05) is 5.56 Å². The van der Waals surface area contributed by atoms with Gasteiger partial charge in [-0.2, -0.15) is 0 Å². The molecule has 0 radical (unpaired) electrons. The molecule has 0 fully saturated rings. The molecule has 0 saturated carbocycles. The van der Waals surface area contributed by atoms with Crippen molar-refractivity contribution in [3.05, 3.63) is 87.9 Å². The van der Waals surface area contributed by atoms with Crippen molar-refractivity contribution in [3.63, 3.8) is 0 Å². The Labute approximate surface area is 197 Å². The van der Waals surface area contributed by atoms with Gasteiger partial charge in [-0.25, -0.2) is 8.42 Å². The van der Waals surface area contributed by atoms with Crippen LogP contribution in [0.25, 0.3) is 0 Å². The molecular weight excluding hydrogens is 471 g/mol. The molecule has 3 rings (SSSR count). The second-order valence-corrected chi connectivity index (χ2v) is 9.61. The van der Waals surface area contributed by atoms with Crippen molar-refractivity contribution >= 4 is 50.5 Å². The lowest BCUT2D eigenvalue weighted by Crippen LogP contribution is -2.29. The number of amides is 1. The molecule has 0 atom stereocenters. The molecule has 168 valence electrons. The SMILES string of the molecule is CCOc1ccccc1NC(=O)c1ccc(CN(c2cccc(Cl)c2Cl)S(C)(=O)=O)cc1. The van der Waals surface area contributed by atoms with Crippen LogP contribution in [-0.2, 0) is 16.6 Å². The fraction of sp³-hybridized carbons (Fsp3) is 0.174. The summed E-state index contributed by atoms with van der Waals surface area (Å²) in [7, 11) is -3.64. The lowest BCUT2D eigenvalue weighted by atomic mass is 10.1. The Morgan fingerprint density at radius 1 is 1.00 bits per heavy atom. The van der Waals surface area contributed by atoms with Crippen LogP contribution < -0.4 is 14.4 Å². The fourth-order valence-corrected chi connectivity index (χ4v) is 4.38. The smallest absolute Gasteiger partial charge is 0.255 e. The van der Waals surface area contributed by atoms with Crippen molar-refractivity contribution in [2.75, 3.05) is 22.5 Å². The maximum atomic E-state index is 12.7. The minimum Gasteiger partial charge on any atom is -0.492 e. The maximum Gasteiger partial charge on any atom is 0.255 e. The van der Waals surface area contributed by atoms with Crippen LogP contribution in [-0.4, -0.2) is 27.2 Å². The first-order valence-electron chi connectivity index (χ1n) is 9.74. The predicted molar refractivity (Wildman–Crippen MR) is 129 cm³/mol. The van der Waals surface area contributed by atoms with Gasteiger partial charge in [-0.3, -0.25) is 9.10 Å². The summed E-state index contributed by atoms with van der Waals surface area (Å²) in [5, 5.41) is 3.25. The number of anilines is 2. The number of nitrogens with zero attached hydrogens (tertiary/aromatic N) is 1. The molecule has 0 bridgehead atoms. The number of halogens is 2. The second kappa shape index (κ2) is 10.3. The molecule has 0 aliphatic heterocycles. The third-order valence-electron chi connectivity index (χ3n) is 4.58. The normalized spacial score (nSPS) is 11.1. The van der Waals surface area contributed by atoms with Crippen molar-refractivity contribution in [1.29, 1.82) is 0 Å². The monoisotopic (exact) mass is 492 g/mol. The first kappa shape index (κ1) is 23.9. The molecule has 1 amide bonds. The first-order valence-corrected chi connectivity index (χ1v) is 12.3. The highest BCUT2D eigenvalue weighted by atomic mass is 35.5. The first-order chi connectivity index (χ1) is 15.2. The summed E-state index contributed by atoms with van der Waals surface area (Å²) >= 11 is 12.3. The average molecular weight is 493 g/mol. The summed E-state index contributed by atoms with van der Waals surface area (Å²) < 4.78 is 31.5. The summed E-state index contributed by atoms with van der Waals surface area (Å²) in [5.41, 5.74) is 1.96. The molecule has 0 aliphatic carbocycles. The van der Waals surface area contributed by atoms with E-state index in [0.29, 0.717) is 29.2 Å².